The fourth-order valence-corrected chi connectivity index (χ4v) is 5.51. The van der Waals surface area contributed by atoms with E-state index in [1.54, 1.807) is 26.4 Å². The zero-order valence-electron chi connectivity index (χ0n) is 22.2. The number of amides is 1. The number of fused-ring (bicyclic) bond motifs is 4. The highest BCUT2D eigenvalue weighted by Gasteiger charge is 2.30. The first-order valence-corrected chi connectivity index (χ1v) is 13.1. The number of ether oxygens (including phenoxy) is 2. The lowest BCUT2D eigenvalue weighted by Gasteiger charge is -2.22. The number of rotatable bonds is 8. The molecule has 1 amide bonds. The van der Waals surface area contributed by atoms with Gasteiger partial charge < -0.3 is 29.4 Å². The maximum atomic E-state index is 14.4. The molecule has 1 aliphatic rings. The number of hydrogen-bond acceptors (Lipinski definition) is 5. The Morgan fingerprint density at radius 2 is 1.93 bits per heavy atom. The molecular formula is C31H29FN4O4. The molecule has 1 atom stereocenters. The fourth-order valence-electron chi connectivity index (χ4n) is 5.51. The summed E-state index contributed by atoms with van der Waals surface area (Å²) in [7, 11) is 3.16. The van der Waals surface area contributed by atoms with Crippen molar-refractivity contribution < 1.29 is 23.8 Å². The Morgan fingerprint density at radius 3 is 2.70 bits per heavy atom. The molecule has 0 unspecified atom stereocenters. The minimum atomic E-state index is -0.553. The molecule has 0 bridgehead atoms. The Balaban J connectivity index is 1.41. The SMILES string of the molecule is COc1cc2c(cc1OC)-c1nc(C(=O)N[C@@H](CO)Cc3c[nH]c4ccccc34)c(-c3cccc(F)c3)n1CC2. The molecule has 1 aliphatic heterocycles. The molecule has 2 aromatic heterocycles. The maximum absolute atomic E-state index is 14.4. The standard InChI is InChI=1S/C31H29FN4O4/c1-39-26-14-18-10-11-36-29(19-6-5-7-21(32)12-19)28(35-30(36)24(18)15-27(26)40-2)31(38)34-22(17-37)13-20-16-33-25-9-4-3-8-23(20)25/h3-9,12,14-16,22,33,37H,10-11,13,17H2,1-2H3,(H,34,38)/t22-/m1/s1. The number of methoxy groups -OCH3 is 2. The number of nitrogens with one attached hydrogen (secondary N) is 2. The number of nitrogens with zero attached hydrogens (tertiary/aromatic N) is 2. The lowest BCUT2D eigenvalue weighted by atomic mass is 9.99. The molecule has 40 heavy (non-hydrogen) atoms. The van der Waals surface area contributed by atoms with Crippen LogP contribution in [-0.2, 0) is 19.4 Å². The van der Waals surface area contributed by atoms with Crippen molar-refractivity contribution in [3.8, 4) is 34.1 Å². The van der Waals surface area contributed by atoms with Gasteiger partial charge in [-0.25, -0.2) is 9.37 Å². The first-order valence-electron chi connectivity index (χ1n) is 13.1. The average Bonchev–Trinajstić information content (AvgIpc) is 3.58. The lowest BCUT2D eigenvalue weighted by molar-refractivity contribution is 0.0912. The number of aliphatic hydroxyl groups is 1. The zero-order chi connectivity index (χ0) is 27.8. The summed E-state index contributed by atoms with van der Waals surface area (Å²) in [6.07, 6.45) is 2.99. The van der Waals surface area contributed by atoms with Crippen molar-refractivity contribution in [3.63, 3.8) is 0 Å². The van der Waals surface area contributed by atoms with Crippen molar-refractivity contribution in [1.29, 1.82) is 0 Å². The minimum absolute atomic E-state index is 0.167. The number of hydrogen-bond donors (Lipinski definition) is 3. The molecule has 0 spiro atoms. The second-order valence-electron chi connectivity index (χ2n) is 9.83. The summed E-state index contributed by atoms with van der Waals surface area (Å²) in [5, 5.41) is 14.2. The second kappa shape index (κ2) is 10.5. The number of carbonyl (C=O) groups is 1. The first-order chi connectivity index (χ1) is 19.5. The van der Waals surface area contributed by atoms with Gasteiger partial charge in [-0.2, -0.15) is 0 Å². The molecule has 0 saturated carbocycles. The topological polar surface area (TPSA) is 101 Å². The number of aromatic nitrogens is 3. The van der Waals surface area contributed by atoms with Crippen LogP contribution < -0.4 is 14.8 Å². The molecule has 3 aromatic carbocycles. The highest BCUT2D eigenvalue weighted by molar-refractivity contribution is 6.00. The van der Waals surface area contributed by atoms with Gasteiger partial charge in [0.2, 0.25) is 0 Å². The third-order valence-corrected chi connectivity index (χ3v) is 7.43. The van der Waals surface area contributed by atoms with Gasteiger partial charge in [-0.05, 0) is 54.3 Å². The number of aromatic amines is 1. The molecule has 8 nitrogen and oxygen atoms in total. The molecule has 3 N–H and O–H groups in total. The number of H-pyrrole nitrogens is 1. The van der Waals surface area contributed by atoms with Gasteiger partial charge in [0, 0.05) is 34.8 Å². The van der Waals surface area contributed by atoms with Crippen LogP contribution in [0.2, 0.25) is 0 Å². The summed E-state index contributed by atoms with van der Waals surface area (Å²) in [6, 6.07) is 17.3. The number of imidazole rings is 1. The third kappa shape index (κ3) is 4.48. The van der Waals surface area contributed by atoms with E-state index in [1.807, 2.05) is 47.2 Å². The highest BCUT2D eigenvalue weighted by Crippen LogP contribution is 2.41. The number of benzene rings is 3. The van der Waals surface area contributed by atoms with Crippen LogP contribution in [0, 0.1) is 5.82 Å². The summed E-state index contributed by atoms with van der Waals surface area (Å²) in [6.45, 7) is 0.288. The van der Waals surface area contributed by atoms with Crippen LogP contribution in [0.15, 0.2) is 66.9 Å². The van der Waals surface area contributed by atoms with E-state index in [4.69, 9.17) is 14.5 Å². The Kier molecular flexibility index (Phi) is 6.73. The van der Waals surface area contributed by atoms with Gasteiger partial charge in [0.1, 0.15) is 11.6 Å². The largest absolute Gasteiger partial charge is 0.493 e. The molecule has 0 saturated heterocycles. The smallest absolute Gasteiger partial charge is 0.272 e. The molecule has 5 aromatic rings. The average molecular weight is 541 g/mol. The van der Waals surface area contributed by atoms with Crippen LogP contribution in [0.4, 0.5) is 4.39 Å². The zero-order valence-corrected chi connectivity index (χ0v) is 22.2. The number of aryl methyl sites for hydroxylation is 1. The summed E-state index contributed by atoms with van der Waals surface area (Å²) >= 11 is 0. The predicted molar refractivity (Wildman–Crippen MR) is 150 cm³/mol. The Hall–Kier alpha value is -4.63. The van der Waals surface area contributed by atoms with Gasteiger partial charge in [0.25, 0.3) is 5.91 Å². The lowest BCUT2D eigenvalue weighted by Crippen LogP contribution is -2.39. The summed E-state index contributed by atoms with van der Waals surface area (Å²) < 4.78 is 27.3. The van der Waals surface area contributed by atoms with Crippen LogP contribution in [-0.4, -0.2) is 52.4 Å². The summed E-state index contributed by atoms with van der Waals surface area (Å²) in [4.78, 5) is 21.8. The van der Waals surface area contributed by atoms with E-state index >= 15 is 0 Å². The van der Waals surface area contributed by atoms with Crippen LogP contribution in [0.25, 0.3) is 33.5 Å². The Morgan fingerprint density at radius 1 is 1.12 bits per heavy atom. The Bertz CT molecular complexity index is 1720. The van der Waals surface area contributed by atoms with E-state index in [-0.39, 0.29) is 12.3 Å². The van der Waals surface area contributed by atoms with E-state index in [0.717, 1.165) is 27.6 Å². The minimum Gasteiger partial charge on any atom is -0.493 e. The summed E-state index contributed by atoms with van der Waals surface area (Å²) in [5.41, 5.74) is 5.04. The van der Waals surface area contributed by atoms with Crippen molar-refractivity contribution in [2.45, 2.75) is 25.4 Å². The molecule has 204 valence electrons. The molecule has 0 aliphatic carbocycles. The number of carbonyl (C=O) groups excluding carboxylic acids is 1. The fraction of sp³-hybridized carbons (Fsp3) is 0.226. The molecule has 9 heteroatoms. The van der Waals surface area contributed by atoms with Crippen molar-refractivity contribution in [2.75, 3.05) is 20.8 Å². The first kappa shape index (κ1) is 25.6. The van der Waals surface area contributed by atoms with Crippen LogP contribution in [0.3, 0.4) is 0 Å². The molecule has 0 fully saturated rings. The van der Waals surface area contributed by atoms with Crippen LogP contribution in [0.5, 0.6) is 11.5 Å². The second-order valence-corrected chi connectivity index (χ2v) is 9.83. The molecular weight excluding hydrogens is 511 g/mol. The van der Waals surface area contributed by atoms with Crippen molar-refractivity contribution in [3.05, 3.63) is 89.5 Å². The monoisotopic (exact) mass is 540 g/mol. The number of aliphatic hydroxyl groups excluding tert-OH is 1. The van der Waals surface area contributed by atoms with Gasteiger partial charge in [-0.15, -0.1) is 0 Å². The number of halogens is 1. The van der Waals surface area contributed by atoms with E-state index < -0.39 is 17.8 Å². The maximum Gasteiger partial charge on any atom is 0.272 e. The van der Waals surface area contributed by atoms with E-state index in [0.29, 0.717) is 48.0 Å². The van der Waals surface area contributed by atoms with Gasteiger partial charge >= 0.3 is 0 Å². The van der Waals surface area contributed by atoms with Crippen molar-refractivity contribution >= 4 is 16.8 Å². The normalized spacial score (nSPS) is 13.0. The van der Waals surface area contributed by atoms with Gasteiger partial charge in [0.15, 0.2) is 17.2 Å². The van der Waals surface area contributed by atoms with Crippen LogP contribution >= 0.6 is 0 Å². The van der Waals surface area contributed by atoms with Crippen LogP contribution in [0.1, 0.15) is 21.6 Å². The van der Waals surface area contributed by atoms with Gasteiger partial charge in [-0.1, -0.05) is 30.3 Å². The van der Waals surface area contributed by atoms with E-state index in [1.165, 1.54) is 12.1 Å². The third-order valence-electron chi connectivity index (χ3n) is 7.43. The van der Waals surface area contributed by atoms with Crippen molar-refractivity contribution in [2.24, 2.45) is 0 Å². The predicted octanol–water partition coefficient (Wildman–Crippen LogP) is 4.74. The van der Waals surface area contributed by atoms with Gasteiger partial charge in [-0.3, -0.25) is 4.79 Å². The summed E-state index contributed by atoms with van der Waals surface area (Å²) in [5.74, 6) is 0.906. The van der Waals surface area contributed by atoms with Crippen molar-refractivity contribution in [1.82, 2.24) is 19.9 Å². The molecule has 6 rings (SSSR count). The van der Waals surface area contributed by atoms with E-state index in [2.05, 4.69) is 10.3 Å². The van der Waals surface area contributed by atoms with E-state index in [9.17, 15) is 14.3 Å². The Labute approximate surface area is 230 Å². The quantitative estimate of drug-likeness (QED) is 0.264. The van der Waals surface area contributed by atoms with Gasteiger partial charge in [0.05, 0.1) is 32.6 Å². The molecule has 3 heterocycles. The molecule has 0 radical (unpaired) electrons. The number of para-hydroxylation sites is 1. The highest BCUT2D eigenvalue weighted by atomic mass is 19.1.